The second kappa shape index (κ2) is 7.54. The standard InChI is InChI=1S/C21H26N4O/c1-2-10-25-11-6-9-16-12-18-17(13-19(16)25)14-22-21(23-18)24-20(26)15-7-4-3-5-8-15/h3-5,7-8,14,16,19H,2,6,9-13H2,1H3,(H,22,23,24,26)/t16-,19-/m1/s1. The molecule has 5 nitrogen and oxygen atoms in total. The SMILES string of the molecule is CCCN1CCC[C@@H]2Cc3nc(NC(=O)c4ccccc4)ncc3C[C@H]21. The first-order valence-corrected chi connectivity index (χ1v) is 9.70. The Bertz CT molecular complexity index is 775. The summed E-state index contributed by atoms with van der Waals surface area (Å²) in [5, 5.41) is 2.84. The molecule has 1 aliphatic heterocycles. The monoisotopic (exact) mass is 350 g/mol. The number of carbonyl (C=O) groups is 1. The summed E-state index contributed by atoms with van der Waals surface area (Å²) in [6.07, 6.45) is 7.71. The number of nitrogens with one attached hydrogen (secondary N) is 1. The molecule has 1 amide bonds. The molecule has 2 aliphatic rings. The molecule has 2 atom stereocenters. The number of hydrogen-bond acceptors (Lipinski definition) is 4. The molecule has 0 radical (unpaired) electrons. The van der Waals surface area contributed by atoms with Gasteiger partial charge in [0, 0.05) is 23.5 Å². The minimum Gasteiger partial charge on any atom is -0.300 e. The summed E-state index contributed by atoms with van der Waals surface area (Å²) in [6, 6.07) is 9.83. The molecule has 0 saturated carbocycles. The van der Waals surface area contributed by atoms with E-state index in [1.807, 2.05) is 24.4 Å². The van der Waals surface area contributed by atoms with E-state index in [2.05, 4.69) is 27.1 Å². The van der Waals surface area contributed by atoms with Crippen LogP contribution in [0, 0.1) is 5.92 Å². The molecule has 2 heterocycles. The van der Waals surface area contributed by atoms with Gasteiger partial charge in [-0.2, -0.15) is 0 Å². The van der Waals surface area contributed by atoms with Crippen molar-refractivity contribution < 1.29 is 4.79 Å². The number of anilines is 1. The molecule has 1 N–H and O–H groups in total. The Kier molecular flexibility index (Phi) is 4.98. The van der Waals surface area contributed by atoms with Crippen LogP contribution in [0.1, 0.15) is 47.8 Å². The van der Waals surface area contributed by atoms with Gasteiger partial charge < -0.3 is 0 Å². The Morgan fingerprint density at radius 2 is 2.12 bits per heavy atom. The molecule has 0 unspecified atom stereocenters. The second-order valence-corrected chi connectivity index (χ2v) is 7.40. The number of amides is 1. The van der Waals surface area contributed by atoms with Crippen LogP contribution in [-0.4, -0.2) is 39.9 Å². The van der Waals surface area contributed by atoms with Crippen LogP contribution in [-0.2, 0) is 12.8 Å². The highest BCUT2D eigenvalue weighted by Crippen LogP contribution is 2.34. The summed E-state index contributed by atoms with van der Waals surface area (Å²) in [4.78, 5) is 24.1. The average Bonchev–Trinajstić information content (AvgIpc) is 2.67. The van der Waals surface area contributed by atoms with E-state index < -0.39 is 0 Å². The predicted octanol–water partition coefficient (Wildman–Crippen LogP) is 3.32. The Balaban J connectivity index is 1.50. The maximum absolute atomic E-state index is 12.3. The molecule has 1 aromatic carbocycles. The Hall–Kier alpha value is -2.27. The molecule has 1 aromatic heterocycles. The van der Waals surface area contributed by atoms with Gasteiger partial charge >= 0.3 is 0 Å². The third-order valence-corrected chi connectivity index (χ3v) is 5.64. The van der Waals surface area contributed by atoms with Crippen LogP contribution in [0.15, 0.2) is 36.5 Å². The van der Waals surface area contributed by atoms with Gasteiger partial charge in [-0.3, -0.25) is 15.0 Å². The number of benzene rings is 1. The predicted molar refractivity (Wildman–Crippen MR) is 102 cm³/mol. The molecule has 26 heavy (non-hydrogen) atoms. The van der Waals surface area contributed by atoms with Gasteiger partial charge in [0.05, 0.1) is 0 Å². The number of aromatic nitrogens is 2. The lowest BCUT2D eigenvalue weighted by Gasteiger charge is -2.44. The van der Waals surface area contributed by atoms with Gasteiger partial charge in [-0.1, -0.05) is 25.1 Å². The van der Waals surface area contributed by atoms with Crippen LogP contribution in [0.4, 0.5) is 5.95 Å². The van der Waals surface area contributed by atoms with Gasteiger partial charge in [-0.15, -0.1) is 0 Å². The van der Waals surface area contributed by atoms with Crippen LogP contribution in [0.25, 0.3) is 0 Å². The fourth-order valence-corrected chi connectivity index (χ4v) is 4.40. The molecule has 0 spiro atoms. The van der Waals surface area contributed by atoms with E-state index in [1.54, 1.807) is 12.1 Å². The smallest absolute Gasteiger partial charge is 0.258 e. The van der Waals surface area contributed by atoms with Crippen molar-refractivity contribution in [2.24, 2.45) is 5.92 Å². The molecular formula is C21H26N4O. The zero-order valence-corrected chi connectivity index (χ0v) is 15.3. The normalized spacial score (nSPS) is 22.3. The highest BCUT2D eigenvalue weighted by atomic mass is 16.1. The Morgan fingerprint density at radius 3 is 2.92 bits per heavy atom. The lowest BCUT2D eigenvalue weighted by molar-refractivity contribution is 0.0845. The molecule has 0 bridgehead atoms. The fraction of sp³-hybridized carbons (Fsp3) is 0.476. The number of nitrogens with zero attached hydrogens (tertiary/aromatic N) is 3. The molecule has 1 fully saturated rings. The van der Waals surface area contributed by atoms with Crippen LogP contribution in [0.3, 0.4) is 0 Å². The van der Waals surface area contributed by atoms with Crippen LogP contribution >= 0.6 is 0 Å². The van der Waals surface area contributed by atoms with Crippen molar-refractivity contribution in [2.75, 3.05) is 18.4 Å². The zero-order valence-electron chi connectivity index (χ0n) is 15.3. The zero-order chi connectivity index (χ0) is 17.9. The molecule has 1 saturated heterocycles. The van der Waals surface area contributed by atoms with E-state index >= 15 is 0 Å². The highest BCUT2D eigenvalue weighted by molar-refractivity contribution is 6.03. The summed E-state index contributed by atoms with van der Waals surface area (Å²) in [7, 11) is 0. The lowest BCUT2D eigenvalue weighted by Crippen LogP contribution is -2.49. The first-order valence-electron chi connectivity index (χ1n) is 9.70. The molecule has 5 heteroatoms. The summed E-state index contributed by atoms with van der Waals surface area (Å²) in [5.74, 6) is 0.929. The topological polar surface area (TPSA) is 58.1 Å². The Morgan fingerprint density at radius 1 is 1.27 bits per heavy atom. The third-order valence-electron chi connectivity index (χ3n) is 5.64. The van der Waals surface area contributed by atoms with E-state index in [0.717, 1.165) is 18.5 Å². The van der Waals surface area contributed by atoms with Gasteiger partial charge in [0.15, 0.2) is 0 Å². The van der Waals surface area contributed by atoms with Gasteiger partial charge in [0.2, 0.25) is 5.95 Å². The summed E-state index contributed by atoms with van der Waals surface area (Å²) >= 11 is 0. The van der Waals surface area contributed by atoms with E-state index in [9.17, 15) is 4.79 Å². The van der Waals surface area contributed by atoms with Crippen molar-refractivity contribution in [3.8, 4) is 0 Å². The van der Waals surface area contributed by atoms with Crippen LogP contribution < -0.4 is 5.32 Å². The van der Waals surface area contributed by atoms with Crippen molar-refractivity contribution in [2.45, 2.75) is 45.1 Å². The van der Waals surface area contributed by atoms with E-state index in [4.69, 9.17) is 0 Å². The van der Waals surface area contributed by atoms with Crippen molar-refractivity contribution in [3.05, 3.63) is 53.3 Å². The number of rotatable bonds is 4. The van der Waals surface area contributed by atoms with E-state index in [0.29, 0.717) is 23.5 Å². The van der Waals surface area contributed by atoms with Gasteiger partial charge in [0.1, 0.15) is 0 Å². The van der Waals surface area contributed by atoms with Crippen molar-refractivity contribution in [1.82, 2.24) is 14.9 Å². The first-order chi connectivity index (χ1) is 12.7. The second-order valence-electron chi connectivity index (χ2n) is 7.40. The molecule has 1 aliphatic carbocycles. The van der Waals surface area contributed by atoms with Crippen LogP contribution in [0.2, 0.25) is 0 Å². The number of fused-ring (bicyclic) bond motifs is 2. The third kappa shape index (κ3) is 3.49. The number of carbonyl (C=O) groups excluding carboxylic acids is 1. The van der Waals surface area contributed by atoms with Crippen LogP contribution in [0.5, 0.6) is 0 Å². The van der Waals surface area contributed by atoms with Gasteiger partial charge in [-0.25, -0.2) is 9.97 Å². The molecule has 136 valence electrons. The lowest BCUT2D eigenvalue weighted by atomic mass is 9.77. The molecular weight excluding hydrogens is 324 g/mol. The minimum absolute atomic E-state index is 0.161. The Labute approximate surface area is 154 Å². The van der Waals surface area contributed by atoms with Crippen molar-refractivity contribution >= 4 is 11.9 Å². The van der Waals surface area contributed by atoms with E-state index in [-0.39, 0.29) is 5.91 Å². The van der Waals surface area contributed by atoms with Gasteiger partial charge in [0.25, 0.3) is 5.91 Å². The molecule has 2 aromatic rings. The van der Waals surface area contributed by atoms with Crippen molar-refractivity contribution in [3.63, 3.8) is 0 Å². The average molecular weight is 350 g/mol. The number of piperidine rings is 1. The van der Waals surface area contributed by atoms with Crippen molar-refractivity contribution in [1.29, 1.82) is 0 Å². The summed E-state index contributed by atoms with van der Waals surface area (Å²) < 4.78 is 0. The summed E-state index contributed by atoms with van der Waals surface area (Å²) in [6.45, 7) is 4.66. The molecule has 4 rings (SSSR count). The number of hydrogen-bond donors (Lipinski definition) is 1. The highest BCUT2D eigenvalue weighted by Gasteiger charge is 2.35. The number of likely N-dealkylation sites (tertiary alicyclic amines) is 1. The minimum atomic E-state index is -0.161. The maximum Gasteiger partial charge on any atom is 0.258 e. The quantitative estimate of drug-likeness (QED) is 0.919. The summed E-state index contributed by atoms with van der Waals surface area (Å²) in [5.41, 5.74) is 2.98. The fourth-order valence-electron chi connectivity index (χ4n) is 4.40. The van der Waals surface area contributed by atoms with Gasteiger partial charge in [-0.05, 0) is 68.8 Å². The van der Waals surface area contributed by atoms with E-state index in [1.165, 1.54) is 37.9 Å². The maximum atomic E-state index is 12.3. The largest absolute Gasteiger partial charge is 0.300 e. The first kappa shape index (κ1) is 17.2.